The van der Waals surface area contributed by atoms with E-state index in [2.05, 4.69) is 21.5 Å². The standard InChI is InChI=1S/C22H25N3O3/c1-4-28-22(27)20-16-12-19(26)15(14-7-5-9-23-13-14)11-18(16)25(3)21(20)17-8-6-10-24(17)2/h5,7,9,11-13,17,26H,4,6,8,10H2,1-3H3. The van der Waals surface area contributed by atoms with Crippen LogP contribution in [0.15, 0.2) is 36.7 Å². The lowest BCUT2D eigenvalue weighted by Gasteiger charge is -2.22. The highest BCUT2D eigenvalue weighted by Crippen LogP contribution is 2.41. The van der Waals surface area contributed by atoms with Crippen molar-refractivity contribution >= 4 is 16.9 Å². The van der Waals surface area contributed by atoms with E-state index in [1.165, 1.54) is 0 Å². The van der Waals surface area contributed by atoms with Gasteiger partial charge in [0.1, 0.15) is 5.75 Å². The summed E-state index contributed by atoms with van der Waals surface area (Å²) < 4.78 is 7.45. The maximum Gasteiger partial charge on any atom is 0.340 e. The zero-order valence-electron chi connectivity index (χ0n) is 16.5. The molecule has 4 rings (SSSR count). The molecular weight excluding hydrogens is 354 g/mol. The van der Waals surface area contributed by atoms with Crippen LogP contribution in [0.1, 0.15) is 41.9 Å². The normalized spacial score (nSPS) is 17.3. The van der Waals surface area contributed by atoms with Crippen LogP contribution in [0, 0.1) is 0 Å². The van der Waals surface area contributed by atoms with Crippen LogP contribution in [-0.4, -0.2) is 45.7 Å². The van der Waals surface area contributed by atoms with Crippen LogP contribution in [0.4, 0.5) is 0 Å². The summed E-state index contributed by atoms with van der Waals surface area (Å²) in [6, 6.07) is 7.52. The number of benzene rings is 1. The summed E-state index contributed by atoms with van der Waals surface area (Å²) in [4.78, 5) is 19.3. The van der Waals surface area contributed by atoms with Crippen LogP contribution in [0.25, 0.3) is 22.0 Å². The van der Waals surface area contributed by atoms with Crippen molar-refractivity contribution in [2.24, 2.45) is 7.05 Å². The van der Waals surface area contributed by atoms with Crippen molar-refractivity contribution in [1.82, 2.24) is 14.5 Å². The molecule has 1 saturated heterocycles. The lowest BCUT2D eigenvalue weighted by molar-refractivity contribution is 0.0525. The fraction of sp³-hybridized carbons (Fsp3) is 0.364. The van der Waals surface area contributed by atoms with E-state index in [4.69, 9.17) is 4.74 Å². The van der Waals surface area contributed by atoms with Gasteiger partial charge in [0, 0.05) is 41.5 Å². The topological polar surface area (TPSA) is 67.6 Å². The van der Waals surface area contributed by atoms with Gasteiger partial charge in [0.05, 0.1) is 23.9 Å². The number of carbonyl (C=O) groups excluding carboxylic acids is 1. The number of aryl methyl sites for hydroxylation is 1. The number of hydrogen-bond donors (Lipinski definition) is 1. The van der Waals surface area contributed by atoms with E-state index in [1.54, 1.807) is 18.5 Å². The zero-order valence-corrected chi connectivity index (χ0v) is 16.5. The molecular formula is C22H25N3O3. The highest BCUT2D eigenvalue weighted by atomic mass is 16.5. The molecule has 0 bridgehead atoms. The Kier molecular flexibility index (Phi) is 4.81. The number of likely N-dealkylation sites (tertiary alicyclic amines) is 1. The molecule has 3 aromatic rings. The molecule has 146 valence electrons. The Hall–Kier alpha value is -2.86. The first-order valence-electron chi connectivity index (χ1n) is 9.66. The van der Waals surface area contributed by atoms with Crippen molar-refractivity contribution in [3.63, 3.8) is 0 Å². The van der Waals surface area contributed by atoms with Gasteiger partial charge in [0.2, 0.25) is 0 Å². The average Bonchev–Trinajstić information content (AvgIpc) is 3.22. The zero-order chi connectivity index (χ0) is 19.8. The molecule has 0 radical (unpaired) electrons. The number of hydrogen-bond acceptors (Lipinski definition) is 5. The van der Waals surface area contributed by atoms with Crippen molar-refractivity contribution in [1.29, 1.82) is 0 Å². The number of rotatable bonds is 4. The lowest BCUT2D eigenvalue weighted by Crippen LogP contribution is -2.22. The van der Waals surface area contributed by atoms with E-state index in [1.807, 2.05) is 32.2 Å². The first kappa shape index (κ1) is 18.5. The summed E-state index contributed by atoms with van der Waals surface area (Å²) in [5.74, 6) is -0.208. The van der Waals surface area contributed by atoms with Gasteiger partial charge in [-0.05, 0) is 51.6 Å². The maximum atomic E-state index is 12.9. The van der Waals surface area contributed by atoms with Gasteiger partial charge in [0.15, 0.2) is 0 Å². The summed E-state index contributed by atoms with van der Waals surface area (Å²) in [7, 11) is 4.07. The number of aromatic nitrogens is 2. The number of ether oxygens (including phenoxy) is 1. The number of pyridine rings is 1. The Labute approximate surface area is 164 Å². The predicted octanol–water partition coefficient (Wildman–Crippen LogP) is 3.89. The minimum atomic E-state index is -0.336. The van der Waals surface area contributed by atoms with Gasteiger partial charge in [-0.2, -0.15) is 0 Å². The minimum Gasteiger partial charge on any atom is -0.507 e. The van der Waals surface area contributed by atoms with Crippen LogP contribution in [-0.2, 0) is 11.8 Å². The highest BCUT2D eigenvalue weighted by molar-refractivity contribution is 6.07. The van der Waals surface area contributed by atoms with Crippen molar-refractivity contribution < 1.29 is 14.6 Å². The summed E-state index contributed by atoms with van der Waals surface area (Å²) in [5, 5.41) is 11.4. The van der Waals surface area contributed by atoms with Crippen LogP contribution >= 0.6 is 0 Å². The summed E-state index contributed by atoms with van der Waals surface area (Å²) in [6.07, 6.45) is 5.52. The number of carbonyl (C=O) groups is 1. The lowest BCUT2D eigenvalue weighted by atomic mass is 10.0. The fourth-order valence-electron chi connectivity index (χ4n) is 4.31. The molecule has 1 atom stereocenters. The Balaban J connectivity index is 1.98. The van der Waals surface area contributed by atoms with E-state index in [0.29, 0.717) is 17.7 Å². The molecule has 6 nitrogen and oxygen atoms in total. The van der Waals surface area contributed by atoms with Crippen LogP contribution < -0.4 is 0 Å². The van der Waals surface area contributed by atoms with E-state index in [0.717, 1.165) is 41.5 Å². The molecule has 6 heteroatoms. The van der Waals surface area contributed by atoms with E-state index in [9.17, 15) is 9.90 Å². The third-order valence-corrected chi connectivity index (χ3v) is 5.65. The van der Waals surface area contributed by atoms with Gasteiger partial charge in [-0.15, -0.1) is 0 Å². The monoisotopic (exact) mass is 379 g/mol. The largest absolute Gasteiger partial charge is 0.507 e. The summed E-state index contributed by atoms with van der Waals surface area (Å²) in [5.41, 5.74) is 3.94. The second kappa shape index (κ2) is 7.28. The van der Waals surface area contributed by atoms with Crippen molar-refractivity contribution in [3.8, 4) is 16.9 Å². The average molecular weight is 379 g/mol. The first-order chi connectivity index (χ1) is 13.5. The molecule has 0 saturated carbocycles. The quantitative estimate of drug-likeness (QED) is 0.697. The minimum absolute atomic E-state index is 0.128. The molecule has 0 spiro atoms. The first-order valence-corrected chi connectivity index (χ1v) is 9.66. The molecule has 1 aliphatic heterocycles. The van der Waals surface area contributed by atoms with Crippen molar-refractivity contribution in [2.75, 3.05) is 20.2 Å². The van der Waals surface area contributed by atoms with Gasteiger partial charge >= 0.3 is 5.97 Å². The van der Waals surface area contributed by atoms with Gasteiger partial charge < -0.3 is 14.4 Å². The highest BCUT2D eigenvalue weighted by Gasteiger charge is 2.33. The summed E-state index contributed by atoms with van der Waals surface area (Å²) in [6.45, 7) is 3.12. The van der Waals surface area contributed by atoms with Crippen LogP contribution in [0.2, 0.25) is 0 Å². The van der Waals surface area contributed by atoms with E-state index < -0.39 is 0 Å². The Morgan fingerprint density at radius 3 is 2.82 bits per heavy atom. The van der Waals surface area contributed by atoms with E-state index >= 15 is 0 Å². The number of fused-ring (bicyclic) bond motifs is 1. The van der Waals surface area contributed by atoms with Crippen LogP contribution in [0.5, 0.6) is 5.75 Å². The van der Waals surface area contributed by atoms with Crippen molar-refractivity contribution in [3.05, 3.63) is 47.9 Å². The number of nitrogens with zero attached hydrogens (tertiary/aromatic N) is 3. The van der Waals surface area contributed by atoms with E-state index in [-0.39, 0.29) is 17.8 Å². The van der Waals surface area contributed by atoms with Crippen LogP contribution in [0.3, 0.4) is 0 Å². The molecule has 1 unspecified atom stereocenters. The SMILES string of the molecule is CCOC(=O)c1c(C2CCCN2C)n(C)c2cc(-c3cccnc3)c(O)cc12. The third kappa shape index (κ3) is 2.94. The molecule has 0 amide bonds. The van der Waals surface area contributed by atoms with Gasteiger partial charge in [0.25, 0.3) is 0 Å². The predicted molar refractivity (Wildman–Crippen MR) is 108 cm³/mol. The molecule has 28 heavy (non-hydrogen) atoms. The fourth-order valence-corrected chi connectivity index (χ4v) is 4.31. The second-order valence-corrected chi connectivity index (χ2v) is 7.31. The molecule has 3 heterocycles. The second-order valence-electron chi connectivity index (χ2n) is 7.31. The Morgan fingerprint density at radius 1 is 1.36 bits per heavy atom. The number of esters is 1. The Bertz CT molecular complexity index is 1030. The van der Waals surface area contributed by atoms with Gasteiger partial charge in [-0.3, -0.25) is 9.88 Å². The molecule has 2 aromatic heterocycles. The summed E-state index contributed by atoms with van der Waals surface area (Å²) >= 11 is 0. The molecule has 0 aliphatic carbocycles. The molecule has 1 fully saturated rings. The molecule has 1 aromatic carbocycles. The van der Waals surface area contributed by atoms with Gasteiger partial charge in [-0.1, -0.05) is 6.07 Å². The smallest absolute Gasteiger partial charge is 0.340 e. The van der Waals surface area contributed by atoms with Gasteiger partial charge in [-0.25, -0.2) is 4.79 Å². The number of aromatic hydroxyl groups is 1. The van der Waals surface area contributed by atoms with Crippen molar-refractivity contribution in [2.45, 2.75) is 25.8 Å². The Morgan fingerprint density at radius 2 is 2.18 bits per heavy atom. The third-order valence-electron chi connectivity index (χ3n) is 5.65. The number of phenols is 1. The molecule has 1 aliphatic rings. The number of phenolic OH excluding ortho intramolecular Hbond substituents is 1. The maximum absolute atomic E-state index is 12.9. The molecule has 1 N–H and O–H groups in total.